The van der Waals surface area contributed by atoms with Gasteiger partial charge in [-0.15, -0.1) is 6.42 Å². The molecule has 0 heterocycles. The minimum atomic E-state index is -2.44. The molecule has 9 heavy (non-hydrogen) atoms. The fourth-order valence-electron chi connectivity index (χ4n) is 0.0546. The second kappa shape index (κ2) is 7.02. The Labute approximate surface area is 50.7 Å². The lowest BCUT2D eigenvalue weighted by Crippen LogP contribution is -1.64. The van der Waals surface area contributed by atoms with E-state index in [1.807, 2.05) is 0 Å². The van der Waals surface area contributed by atoms with Gasteiger partial charge in [0.15, 0.2) is 0 Å². The predicted molar refractivity (Wildman–Crippen MR) is 28.4 cm³/mol. The molecule has 0 aromatic carbocycles. The first-order valence-electron chi connectivity index (χ1n) is 1.36. The molecule has 54 valence electrons. The Morgan fingerprint density at radius 2 is 1.56 bits per heavy atom. The highest BCUT2D eigenvalue weighted by atomic mass is 19.3. The summed E-state index contributed by atoms with van der Waals surface area (Å²) in [5.41, 5.74) is 0. The predicted octanol–water partition coefficient (Wildman–Crippen LogP) is 2.49. The lowest BCUT2D eigenvalue weighted by atomic mass is 10.6. The van der Waals surface area contributed by atoms with Crippen molar-refractivity contribution in [1.82, 2.24) is 0 Å². The van der Waals surface area contributed by atoms with Crippen LogP contribution in [0, 0.1) is 12.3 Å². The van der Waals surface area contributed by atoms with Crippen molar-refractivity contribution in [3.05, 3.63) is 11.9 Å². The summed E-state index contributed by atoms with van der Waals surface area (Å²) in [7, 11) is 0. The lowest BCUT2D eigenvalue weighted by molar-refractivity contribution is 0.389. The van der Waals surface area contributed by atoms with E-state index in [2.05, 4.69) is 6.42 Å². The number of hydrogen-bond donors (Lipinski definition) is 0. The van der Waals surface area contributed by atoms with Gasteiger partial charge in [0.2, 0.25) is 5.83 Å². The number of terminal acetylenes is 1. The number of hydrogen-bond acceptors (Lipinski definition) is 0. The molecule has 0 saturated heterocycles. The quantitative estimate of drug-likeness (QED) is 0.360. The van der Waals surface area contributed by atoms with Crippen LogP contribution in [-0.4, -0.2) is 0 Å². The summed E-state index contributed by atoms with van der Waals surface area (Å²) in [6.45, 7) is 0. The highest BCUT2D eigenvalue weighted by molar-refractivity contribution is 5.17. The molecule has 0 aromatic rings. The Kier molecular flexibility index (Phi) is 12.2. The van der Waals surface area contributed by atoms with Gasteiger partial charge in [0, 0.05) is 0 Å². The van der Waals surface area contributed by atoms with Gasteiger partial charge in [0.1, 0.15) is 0 Å². The topological polar surface area (TPSA) is 0 Å². The maximum Gasteiger partial charge on any atom is 0.314 e. The van der Waals surface area contributed by atoms with Crippen molar-refractivity contribution in [2.45, 2.75) is 7.43 Å². The number of allylic oxidation sites excluding steroid dienone is 1. The van der Waals surface area contributed by atoms with Crippen LogP contribution >= 0.6 is 0 Å². The van der Waals surface area contributed by atoms with Crippen molar-refractivity contribution >= 4 is 0 Å². The largest absolute Gasteiger partial charge is 0.314 e. The maximum absolute atomic E-state index is 11.1. The second-order valence-electron chi connectivity index (χ2n) is 0.719. The third kappa shape index (κ3) is 7.02. The molecule has 0 fully saturated rings. The molecule has 4 heteroatoms. The summed E-state index contributed by atoms with van der Waals surface area (Å²) in [5.74, 6) is -0.664. The molecule has 0 amide bonds. The van der Waals surface area contributed by atoms with E-state index in [0.717, 1.165) is 5.92 Å². The minimum absolute atomic E-state index is 0. The molecule has 0 aliphatic carbocycles. The van der Waals surface area contributed by atoms with E-state index in [1.54, 1.807) is 0 Å². The van der Waals surface area contributed by atoms with Gasteiger partial charge in [-0.3, -0.25) is 4.70 Å². The van der Waals surface area contributed by atoms with Crippen LogP contribution in [0.1, 0.15) is 7.43 Å². The summed E-state index contributed by atoms with van der Waals surface area (Å²) >= 11 is 0. The number of halogens is 4. The molecule has 0 aliphatic heterocycles. The normalized spacial score (nSPS) is 5.56. The van der Waals surface area contributed by atoms with E-state index >= 15 is 0 Å². The highest BCUT2D eigenvalue weighted by Gasteiger charge is 1.96. The SMILES string of the molecule is C.C#CC(F)=C(F)F.F. The van der Waals surface area contributed by atoms with Crippen LogP contribution in [0.25, 0.3) is 0 Å². The molecular weight excluding hydrogens is 136 g/mol. The van der Waals surface area contributed by atoms with Crippen molar-refractivity contribution in [3.63, 3.8) is 0 Å². The van der Waals surface area contributed by atoms with Crippen molar-refractivity contribution in [2.24, 2.45) is 0 Å². The zero-order chi connectivity index (χ0) is 5.86. The third-order valence-corrected chi connectivity index (χ3v) is 0.293. The molecule has 0 atom stereocenters. The van der Waals surface area contributed by atoms with Gasteiger partial charge in [0.05, 0.1) is 0 Å². The monoisotopic (exact) mass is 142 g/mol. The van der Waals surface area contributed by atoms with Crippen molar-refractivity contribution in [1.29, 1.82) is 0 Å². The summed E-state index contributed by atoms with van der Waals surface area (Å²) in [6.07, 6.45) is 1.77. The first kappa shape index (κ1) is 15.7. The minimum Gasteiger partial charge on any atom is -0.269 e. The average molecular weight is 142 g/mol. The van der Waals surface area contributed by atoms with E-state index in [4.69, 9.17) is 0 Å². The van der Waals surface area contributed by atoms with Gasteiger partial charge in [-0.05, 0) is 5.92 Å². The Morgan fingerprint density at radius 3 is 1.56 bits per heavy atom. The van der Waals surface area contributed by atoms with Crippen molar-refractivity contribution in [2.75, 3.05) is 0 Å². The van der Waals surface area contributed by atoms with E-state index in [1.165, 1.54) is 0 Å². The zero-order valence-electron chi connectivity index (χ0n) is 3.62. The van der Waals surface area contributed by atoms with Crippen molar-refractivity contribution < 1.29 is 17.9 Å². The van der Waals surface area contributed by atoms with Crippen LogP contribution < -0.4 is 0 Å². The first-order valence-corrected chi connectivity index (χ1v) is 1.36. The molecule has 0 nitrogen and oxygen atoms in total. The molecule has 0 unspecified atom stereocenters. The van der Waals surface area contributed by atoms with E-state index in [0.29, 0.717) is 0 Å². The fourth-order valence-corrected chi connectivity index (χ4v) is 0.0546. The smallest absolute Gasteiger partial charge is 0.269 e. The van der Waals surface area contributed by atoms with Gasteiger partial charge in [0.25, 0.3) is 0 Å². The fraction of sp³-hybridized carbons (Fsp3) is 0.200. The van der Waals surface area contributed by atoms with Crippen LogP contribution in [0.3, 0.4) is 0 Å². The molecule has 0 aromatic heterocycles. The van der Waals surface area contributed by atoms with E-state index in [9.17, 15) is 13.2 Å². The summed E-state index contributed by atoms with van der Waals surface area (Å²) < 4.78 is 32.7. The van der Waals surface area contributed by atoms with E-state index in [-0.39, 0.29) is 12.1 Å². The van der Waals surface area contributed by atoms with Gasteiger partial charge in [-0.1, -0.05) is 7.43 Å². The van der Waals surface area contributed by atoms with Crippen LogP contribution in [0.2, 0.25) is 0 Å². The van der Waals surface area contributed by atoms with Gasteiger partial charge < -0.3 is 0 Å². The van der Waals surface area contributed by atoms with Crippen LogP contribution in [0.15, 0.2) is 11.9 Å². The average Bonchev–Trinajstić information content (AvgIpc) is 1.65. The Bertz CT molecular complexity index is 126. The third-order valence-electron chi connectivity index (χ3n) is 0.293. The highest BCUT2D eigenvalue weighted by Crippen LogP contribution is 2.05. The molecule has 0 N–H and O–H groups in total. The molecule has 0 saturated carbocycles. The maximum atomic E-state index is 11.1. The summed E-state index contributed by atoms with van der Waals surface area (Å²) in [4.78, 5) is 0. The molecule has 0 rings (SSSR count). The van der Waals surface area contributed by atoms with Crippen LogP contribution in [0.5, 0.6) is 0 Å². The Balaban J connectivity index is -0.000000180. The molecule has 0 radical (unpaired) electrons. The second-order valence-corrected chi connectivity index (χ2v) is 0.719. The van der Waals surface area contributed by atoms with Gasteiger partial charge in [-0.25, -0.2) is 0 Å². The molecule has 0 bridgehead atoms. The van der Waals surface area contributed by atoms with Gasteiger partial charge in [-0.2, -0.15) is 13.2 Å². The zero-order valence-corrected chi connectivity index (χ0v) is 3.62. The lowest BCUT2D eigenvalue weighted by Gasteiger charge is -1.73. The van der Waals surface area contributed by atoms with Crippen molar-refractivity contribution in [3.8, 4) is 12.3 Å². The summed E-state index contributed by atoms with van der Waals surface area (Å²) in [5, 5.41) is 0. The first-order chi connectivity index (χ1) is 3.18. The Morgan fingerprint density at radius 1 is 1.22 bits per heavy atom. The molecule has 0 spiro atoms. The number of rotatable bonds is 0. The van der Waals surface area contributed by atoms with E-state index < -0.39 is 11.9 Å². The summed E-state index contributed by atoms with van der Waals surface area (Å²) in [6, 6.07) is 0. The van der Waals surface area contributed by atoms with Crippen LogP contribution in [0.4, 0.5) is 17.9 Å². The molecular formula is C5H6F4. The molecule has 0 aliphatic rings. The van der Waals surface area contributed by atoms with Crippen LogP contribution in [-0.2, 0) is 0 Å². The standard InChI is InChI=1S/C4HF3.CH4.FH/c1-2-3(5)4(6)7;;/h1H;1H4;1H. The Hall–Kier alpha value is -0.980. The van der Waals surface area contributed by atoms with Gasteiger partial charge >= 0.3 is 6.08 Å².